The van der Waals surface area contributed by atoms with E-state index >= 15 is 0 Å². The standard InChI is InChI=1S/C48H48NO9P/c1-48(2,58-59(52,56-35-40-24-14-6-15-25-40)57-36-41-26-16-7-17-27-41)47(51)49-43(46(50)55-34-39-22-12-5-13-23-39)30-42-28-29-44(53-32-37-18-8-3-9-19-37)45(31-42)54-33-38-20-10-4-11-21-38/h3-29,31,43H,30,32-36H2,1-2H3,(H,49,51)/t43-/m0/s1. The smallest absolute Gasteiger partial charge is 0.476 e. The van der Waals surface area contributed by atoms with Crippen molar-refractivity contribution < 1.29 is 41.9 Å². The number of amides is 1. The van der Waals surface area contributed by atoms with Gasteiger partial charge in [-0.05, 0) is 59.4 Å². The van der Waals surface area contributed by atoms with Crippen LogP contribution in [-0.4, -0.2) is 23.5 Å². The van der Waals surface area contributed by atoms with Gasteiger partial charge in [-0.3, -0.25) is 18.4 Å². The molecule has 0 unspecified atom stereocenters. The second kappa shape index (κ2) is 21.1. The highest BCUT2D eigenvalue weighted by atomic mass is 31.2. The van der Waals surface area contributed by atoms with Crippen molar-refractivity contribution in [3.8, 4) is 11.5 Å². The van der Waals surface area contributed by atoms with Crippen LogP contribution in [0.25, 0.3) is 0 Å². The van der Waals surface area contributed by atoms with E-state index in [1.165, 1.54) is 13.8 Å². The average molecular weight is 814 g/mol. The highest BCUT2D eigenvalue weighted by Gasteiger charge is 2.42. The Hall–Kier alpha value is -6.03. The summed E-state index contributed by atoms with van der Waals surface area (Å²) >= 11 is 0. The number of esters is 1. The molecule has 304 valence electrons. The van der Waals surface area contributed by atoms with E-state index in [2.05, 4.69) is 5.32 Å². The Morgan fingerprint density at radius 1 is 0.525 bits per heavy atom. The van der Waals surface area contributed by atoms with Crippen molar-refractivity contribution in [1.82, 2.24) is 5.32 Å². The van der Waals surface area contributed by atoms with Crippen molar-refractivity contribution in [2.75, 3.05) is 0 Å². The minimum atomic E-state index is -4.39. The molecule has 0 saturated carbocycles. The molecule has 0 aliphatic heterocycles. The number of hydrogen-bond donors (Lipinski definition) is 1. The number of hydrogen-bond acceptors (Lipinski definition) is 9. The molecular formula is C48H48NO9P. The second-order valence-corrected chi connectivity index (χ2v) is 15.8. The van der Waals surface area contributed by atoms with Crippen LogP contribution < -0.4 is 14.8 Å². The first-order valence-electron chi connectivity index (χ1n) is 19.3. The molecule has 0 aliphatic carbocycles. The summed E-state index contributed by atoms with van der Waals surface area (Å²) in [6.07, 6.45) is 0.0166. The fraction of sp³-hybridized carbons (Fsp3) is 0.208. The Kier molecular flexibility index (Phi) is 15.2. The fourth-order valence-electron chi connectivity index (χ4n) is 5.84. The zero-order valence-corrected chi connectivity index (χ0v) is 34.0. The lowest BCUT2D eigenvalue weighted by molar-refractivity contribution is -0.151. The Bertz CT molecular complexity index is 2210. The number of carbonyl (C=O) groups excluding carboxylic acids is 2. The summed E-state index contributed by atoms with van der Waals surface area (Å²) in [5.41, 5.74) is 3.03. The SMILES string of the molecule is CC(C)(OP(=O)(OCc1ccccc1)OCc1ccccc1)C(=O)N[C@@H](Cc1ccc(OCc2ccccc2)c(OCc2ccccc2)c1)C(=O)OCc1ccccc1. The average Bonchev–Trinajstić information content (AvgIpc) is 3.27. The largest absolute Gasteiger partial charge is 0.485 e. The first kappa shape index (κ1) is 42.6. The van der Waals surface area contributed by atoms with Gasteiger partial charge in [-0.1, -0.05) is 158 Å². The third kappa shape index (κ3) is 13.5. The monoisotopic (exact) mass is 813 g/mol. The molecule has 6 aromatic carbocycles. The molecule has 0 saturated heterocycles. The predicted octanol–water partition coefficient (Wildman–Crippen LogP) is 9.95. The molecule has 0 radical (unpaired) electrons. The van der Waals surface area contributed by atoms with Crippen LogP contribution in [0.2, 0.25) is 0 Å². The Labute approximate surface area is 345 Å². The summed E-state index contributed by atoms with van der Waals surface area (Å²) in [5, 5.41) is 2.81. The van der Waals surface area contributed by atoms with Crippen LogP contribution >= 0.6 is 7.82 Å². The predicted molar refractivity (Wildman–Crippen MR) is 225 cm³/mol. The fourth-order valence-corrected chi connectivity index (χ4v) is 7.28. The maximum absolute atomic E-state index is 14.3. The molecule has 10 nitrogen and oxygen atoms in total. The van der Waals surface area contributed by atoms with Gasteiger partial charge < -0.3 is 19.5 Å². The molecular weight excluding hydrogens is 765 g/mol. The van der Waals surface area contributed by atoms with Gasteiger partial charge in [0.2, 0.25) is 0 Å². The lowest BCUT2D eigenvalue weighted by Gasteiger charge is -2.30. The second-order valence-electron chi connectivity index (χ2n) is 14.2. The van der Waals surface area contributed by atoms with E-state index < -0.39 is 31.3 Å². The number of carbonyl (C=O) groups is 2. The molecule has 1 N–H and O–H groups in total. The van der Waals surface area contributed by atoms with Crippen molar-refractivity contribution in [1.29, 1.82) is 0 Å². The van der Waals surface area contributed by atoms with Crippen LogP contribution in [0.15, 0.2) is 170 Å². The Balaban J connectivity index is 1.22. The highest BCUT2D eigenvalue weighted by molar-refractivity contribution is 7.48. The van der Waals surface area contributed by atoms with Gasteiger partial charge in [0.05, 0.1) is 13.2 Å². The minimum absolute atomic E-state index is 0.0144. The molecule has 11 heteroatoms. The lowest BCUT2D eigenvalue weighted by Crippen LogP contribution is -2.51. The molecule has 0 aromatic heterocycles. The van der Waals surface area contributed by atoms with Crippen molar-refractivity contribution >= 4 is 19.7 Å². The summed E-state index contributed by atoms with van der Waals surface area (Å²) in [6.45, 7) is 3.25. The number of phosphoric ester groups is 1. The Morgan fingerprint density at radius 3 is 1.39 bits per heavy atom. The first-order valence-corrected chi connectivity index (χ1v) is 20.8. The zero-order chi connectivity index (χ0) is 41.3. The summed E-state index contributed by atoms with van der Waals surface area (Å²) < 4.78 is 50.1. The first-order chi connectivity index (χ1) is 28.6. The Morgan fingerprint density at radius 2 is 0.932 bits per heavy atom. The molecule has 0 spiro atoms. The van der Waals surface area contributed by atoms with Crippen LogP contribution in [0.5, 0.6) is 11.5 Å². The maximum atomic E-state index is 14.3. The van der Waals surface area contributed by atoms with Gasteiger partial charge in [-0.15, -0.1) is 0 Å². The summed E-state index contributed by atoms with van der Waals surface area (Å²) in [4.78, 5) is 28.0. The van der Waals surface area contributed by atoms with E-state index in [-0.39, 0.29) is 32.8 Å². The van der Waals surface area contributed by atoms with E-state index in [1.807, 2.05) is 158 Å². The number of rotatable bonds is 21. The molecule has 0 fully saturated rings. The molecule has 1 amide bonds. The molecule has 1 atom stereocenters. The van der Waals surface area contributed by atoms with E-state index in [4.69, 9.17) is 27.8 Å². The molecule has 0 aliphatic rings. The number of ether oxygens (including phenoxy) is 3. The third-order valence-electron chi connectivity index (χ3n) is 9.09. The van der Waals surface area contributed by atoms with Crippen LogP contribution in [0.4, 0.5) is 0 Å². The quantitative estimate of drug-likeness (QED) is 0.0560. The molecule has 6 aromatic rings. The summed E-state index contributed by atoms with van der Waals surface area (Å²) in [7, 11) is -4.39. The van der Waals surface area contributed by atoms with Crippen LogP contribution in [0.3, 0.4) is 0 Å². The van der Waals surface area contributed by atoms with Crippen molar-refractivity contribution in [2.45, 2.75) is 64.9 Å². The number of phosphoric acid groups is 1. The van der Waals surface area contributed by atoms with E-state index in [1.54, 1.807) is 12.1 Å². The van der Waals surface area contributed by atoms with Crippen molar-refractivity contribution in [2.24, 2.45) is 0 Å². The summed E-state index contributed by atoms with van der Waals surface area (Å²) in [6, 6.07) is 51.2. The molecule has 0 bridgehead atoms. The maximum Gasteiger partial charge on any atom is 0.476 e. The third-order valence-corrected chi connectivity index (χ3v) is 10.7. The number of benzene rings is 6. The van der Waals surface area contributed by atoms with Gasteiger partial charge in [0.1, 0.15) is 25.9 Å². The molecule has 6 rings (SSSR count). The van der Waals surface area contributed by atoms with E-state index in [0.29, 0.717) is 23.7 Å². The van der Waals surface area contributed by atoms with Gasteiger partial charge in [0.15, 0.2) is 17.1 Å². The van der Waals surface area contributed by atoms with Crippen LogP contribution in [0, 0.1) is 0 Å². The van der Waals surface area contributed by atoms with E-state index in [0.717, 1.165) is 27.8 Å². The molecule has 0 heterocycles. The summed E-state index contributed by atoms with van der Waals surface area (Å²) in [5.74, 6) is -0.454. The van der Waals surface area contributed by atoms with Gasteiger partial charge in [0, 0.05) is 6.42 Å². The van der Waals surface area contributed by atoms with Gasteiger partial charge in [0.25, 0.3) is 5.91 Å². The number of nitrogens with one attached hydrogen (secondary N) is 1. The highest BCUT2D eigenvalue weighted by Crippen LogP contribution is 2.54. The lowest BCUT2D eigenvalue weighted by atomic mass is 10.0. The normalized spacial score (nSPS) is 12.0. The van der Waals surface area contributed by atoms with Crippen LogP contribution in [0.1, 0.15) is 47.2 Å². The van der Waals surface area contributed by atoms with Gasteiger partial charge in [-0.25, -0.2) is 9.36 Å². The molecule has 59 heavy (non-hydrogen) atoms. The minimum Gasteiger partial charge on any atom is -0.485 e. The van der Waals surface area contributed by atoms with Gasteiger partial charge in [-0.2, -0.15) is 0 Å². The van der Waals surface area contributed by atoms with Gasteiger partial charge >= 0.3 is 13.8 Å². The topological polar surface area (TPSA) is 119 Å². The van der Waals surface area contributed by atoms with Crippen LogP contribution in [-0.2, 0) is 71.9 Å². The van der Waals surface area contributed by atoms with E-state index in [9.17, 15) is 14.2 Å². The van der Waals surface area contributed by atoms with Crippen molar-refractivity contribution in [3.63, 3.8) is 0 Å². The zero-order valence-electron chi connectivity index (χ0n) is 33.1. The van der Waals surface area contributed by atoms with Crippen molar-refractivity contribution in [3.05, 3.63) is 203 Å².